The third-order valence-electron chi connectivity index (χ3n) is 1.79. The van der Waals surface area contributed by atoms with Gasteiger partial charge in [-0.1, -0.05) is 6.08 Å². The molecule has 0 radical (unpaired) electrons. The fourth-order valence-electron chi connectivity index (χ4n) is 1.10. The van der Waals surface area contributed by atoms with Gasteiger partial charge in [0, 0.05) is 11.8 Å². The molecule has 4 nitrogen and oxygen atoms in total. The first-order valence-corrected chi connectivity index (χ1v) is 3.90. The lowest BCUT2D eigenvalue weighted by atomic mass is 10.1. The number of nitrogens with zero attached hydrogens (tertiary/aromatic N) is 1. The molecule has 0 aromatic carbocycles. The minimum Gasteiger partial charge on any atom is -0.495 e. The minimum atomic E-state index is -0.113. The maximum Gasteiger partial charge on any atom is 0.142 e. The average molecular weight is 179 g/mol. The Balaban J connectivity index is 3.03. The van der Waals surface area contributed by atoms with Gasteiger partial charge in [-0.25, -0.2) is 5.43 Å². The molecule has 3 N–H and O–H groups in total. The number of aromatic nitrogens is 1. The third kappa shape index (κ3) is 2.05. The Bertz CT molecular complexity index is 288. The van der Waals surface area contributed by atoms with Gasteiger partial charge in [0.15, 0.2) is 0 Å². The van der Waals surface area contributed by atoms with Gasteiger partial charge in [-0.05, 0) is 6.07 Å². The second kappa shape index (κ2) is 4.59. The fourth-order valence-corrected chi connectivity index (χ4v) is 1.10. The van der Waals surface area contributed by atoms with Gasteiger partial charge in [0.2, 0.25) is 0 Å². The molecule has 1 aromatic heterocycles. The van der Waals surface area contributed by atoms with E-state index in [-0.39, 0.29) is 6.04 Å². The Labute approximate surface area is 77.4 Å². The van der Waals surface area contributed by atoms with Gasteiger partial charge in [-0.15, -0.1) is 6.58 Å². The van der Waals surface area contributed by atoms with Crippen LogP contribution in [-0.4, -0.2) is 12.1 Å². The number of methoxy groups -OCH3 is 1. The number of hydrogen-bond acceptors (Lipinski definition) is 4. The Morgan fingerprint density at radius 3 is 3.08 bits per heavy atom. The molecule has 0 bridgehead atoms. The SMILES string of the molecule is C=CC(NN)c1ccncc1OC. The fraction of sp³-hybridized carbons (Fsp3) is 0.222. The number of rotatable bonds is 4. The minimum absolute atomic E-state index is 0.113. The van der Waals surface area contributed by atoms with Crippen LogP contribution in [0.5, 0.6) is 5.75 Å². The number of pyridine rings is 1. The lowest BCUT2D eigenvalue weighted by molar-refractivity contribution is 0.403. The standard InChI is InChI=1S/C9H13N3O/c1-3-8(12-10)7-4-5-11-6-9(7)13-2/h3-6,8,12H,1,10H2,2H3. The Morgan fingerprint density at radius 1 is 1.77 bits per heavy atom. The van der Waals surface area contributed by atoms with E-state index in [0.717, 1.165) is 5.56 Å². The van der Waals surface area contributed by atoms with Crippen LogP contribution in [0.3, 0.4) is 0 Å². The highest BCUT2D eigenvalue weighted by atomic mass is 16.5. The first kappa shape index (κ1) is 9.70. The van der Waals surface area contributed by atoms with Gasteiger partial charge in [-0.2, -0.15) is 0 Å². The van der Waals surface area contributed by atoms with Crippen molar-refractivity contribution in [2.24, 2.45) is 5.84 Å². The van der Waals surface area contributed by atoms with Crippen molar-refractivity contribution < 1.29 is 4.74 Å². The quantitative estimate of drug-likeness (QED) is 0.407. The second-order valence-corrected chi connectivity index (χ2v) is 2.50. The van der Waals surface area contributed by atoms with Crippen molar-refractivity contribution in [1.82, 2.24) is 10.4 Å². The number of nitrogens with two attached hydrogens (primary N) is 1. The zero-order valence-electron chi connectivity index (χ0n) is 7.53. The summed E-state index contributed by atoms with van der Waals surface area (Å²) in [6.45, 7) is 3.67. The Kier molecular flexibility index (Phi) is 3.42. The maximum atomic E-state index is 5.34. The summed E-state index contributed by atoms with van der Waals surface area (Å²) in [5.74, 6) is 6.04. The predicted octanol–water partition coefficient (Wildman–Crippen LogP) is 0.781. The molecular weight excluding hydrogens is 166 g/mol. The summed E-state index contributed by atoms with van der Waals surface area (Å²) in [6, 6.07) is 1.73. The molecule has 0 saturated carbocycles. The molecule has 1 aromatic rings. The van der Waals surface area contributed by atoms with Crippen molar-refractivity contribution in [3.63, 3.8) is 0 Å². The van der Waals surface area contributed by atoms with E-state index in [9.17, 15) is 0 Å². The van der Waals surface area contributed by atoms with Gasteiger partial charge in [0.1, 0.15) is 5.75 Å². The van der Waals surface area contributed by atoms with Crippen LogP contribution < -0.4 is 16.0 Å². The molecule has 0 fully saturated rings. The molecule has 0 spiro atoms. The summed E-state index contributed by atoms with van der Waals surface area (Å²) in [6.07, 6.45) is 5.03. The maximum absolute atomic E-state index is 5.34. The van der Waals surface area contributed by atoms with Crippen LogP contribution >= 0.6 is 0 Å². The summed E-state index contributed by atoms with van der Waals surface area (Å²) in [7, 11) is 1.59. The molecule has 0 saturated heterocycles. The van der Waals surface area contributed by atoms with Gasteiger partial charge >= 0.3 is 0 Å². The Morgan fingerprint density at radius 2 is 2.54 bits per heavy atom. The van der Waals surface area contributed by atoms with Crippen LogP contribution in [0, 0.1) is 0 Å². The smallest absolute Gasteiger partial charge is 0.142 e. The largest absolute Gasteiger partial charge is 0.495 e. The molecule has 0 amide bonds. The molecule has 1 rings (SSSR count). The highest BCUT2D eigenvalue weighted by Crippen LogP contribution is 2.23. The third-order valence-corrected chi connectivity index (χ3v) is 1.79. The van der Waals surface area contributed by atoms with Crippen LogP contribution in [0.2, 0.25) is 0 Å². The number of nitrogens with one attached hydrogen (secondary N) is 1. The normalized spacial score (nSPS) is 12.2. The van der Waals surface area contributed by atoms with Crippen molar-refractivity contribution in [3.05, 3.63) is 36.7 Å². The van der Waals surface area contributed by atoms with Crippen molar-refractivity contribution >= 4 is 0 Å². The number of hydrazine groups is 1. The van der Waals surface area contributed by atoms with Gasteiger partial charge in [0.25, 0.3) is 0 Å². The number of ether oxygens (including phenoxy) is 1. The Hall–Kier alpha value is -1.39. The highest BCUT2D eigenvalue weighted by Gasteiger charge is 2.10. The second-order valence-electron chi connectivity index (χ2n) is 2.50. The van der Waals surface area contributed by atoms with E-state index in [2.05, 4.69) is 17.0 Å². The van der Waals surface area contributed by atoms with Gasteiger partial charge in [0.05, 0.1) is 19.3 Å². The summed E-state index contributed by atoms with van der Waals surface area (Å²) in [5, 5.41) is 0. The molecule has 0 aliphatic heterocycles. The van der Waals surface area contributed by atoms with Crippen molar-refractivity contribution in [3.8, 4) is 5.75 Å². The van der Waals surface area contributed by atoms with Gasteiger partial charge in [-0.3, -0.25) is 10.8 Å². The summed E-state index contributed by atoms with van der Waals surface area (Å²) in [4.78, 5) is 3.94. The molecule has 0 aliphatic rings. The molecule has 0 aliphatic carbocycles. The zero-order valence-corrected chi connectivity index (χ0v) is 7.53. The summed E-state index contributed by atoms with van der Waals surface area (Å²) < 4.78 is 5.12. The van der Waals surface area contributed by atoms with E-state index in [4.69, 9.17) is 10.6 Å². The lowest BCUT2D eigenvalue weighted by Crippen LogP contribution is -2.26. The van der Waals surface area contributed by atoms with E-state index in [1.165, 1.54) is 0 Å². The summed E-state index contributed by atoms with van der Waals surface area (Å²) >= 11 is 0. The van der Waals surface area contributed by atoms with Gasteiger partial charge < -0.3 is 4.74 Å². The molecule has 13 heavy (non-hydrogen) atoms. The van der Waals surface area contributed by atoms with Crippen LogP contribution in [0.4, 0.5) is 0 Å². The van der Waals surface area contributed by atoms with Crippen LogP contribution in [-0.2, 0) is 0 Å². The number of hydrogen-bond donors (Lipinski definition) is 2. The predicted molar refractivity (Wildman–Crippen MR) is 51.1 cm³/mol. The van der Waals surface area contributed by atoms with E-state index >= 15 is 0 Å². The average Bonchev–Trinajstić information content (AvgIpc) is 2.20. The summed E-state index contributed by atoms with van der Waals surface area (Å²) in [5.41, 5.74) is 3.54. The molecule has 4 heteroatoms. The molecule has 1 atom stereocenters. The molecule has 1 heterocycles. The lowest BCUT2D eigenvalue weighted by Gasteiger charge is -2.14. The van der Waals surface area contributed by atoms with E-state index in [0.29, 0.717) is 5.75 Å². The van der Waals surface area contributed by atoms with E-state index < -0.39 is 0 Å². The molecular formula is C9H13N3O. The molecule has 70 valence electrons. The van der Waals surface area contributed by atoms with Crippen molar-refractivity contribution in [1.29, 1.82) is 0 Å². The molecule has 1 unspecified atom stereocenters. The highest BCUT2D eigenvalue weighted by molar-refractivity contribution is 5.34. The first-order chi connectivity index (χ1) is 6.33. The van der Waals surface area contributed by atoms with Crippen LogP contribution in [0.25, 0.3) is 0 Å². The zero-order chi connectivity index (χ0) is 9.68. The van der Waals surface area contributed by atoms with Crippen molar-refractivity contribution in [2.75, 3.05) is 7.11 Å². The van der Waals surface area contributed by atoms with Crippen molar-refractivity contribution in [2.45, 2.75) is 6.04 Å². The topological polar surface area (TPSA) is 60.2 Å². The van der Waals surface area contributed by atoms with Crippen LogP contribution in [0.15, 0.2) is 31.1 Å². The van der Waals surface area contributed by atoms with E-state index in [1.54, 1.807) is 25.6 Å². The van der Waals surface area contributed by atoms with E-state index in [1.807, 2.05) is 6.07 Å². The monoisotopic (exact) mass is 179 g/mol. The van der Waals surface area contributed by atoms with Crippen LogP contribution in [0.1, 0.15) is 11.6 Å². The first-order valence-electron chi connectivity index (χ1n) is 3.90.